The van der Waals surface area contributed by atoms with E-state index in [1.54, 1.807) is 0 Å². The quantitative estimate of drug-likeness (QED) is 0.468. The zero-order chi connectivity index (χ0) is 6.15. The lowest BCUT2D eigenvalue weighted by Gasteiger charge is -2.40. The minimum absolute atomic E-state index is 0.819. The third-order valence-electron chi connectivity index (χ3n) is 1.78. The molecule has 1 aliphatic rings. The van der Waals surface area contributed by atoms with E-state index >= 15 is 0 Å². The second-order valence-corrected chi connectivity index (χ2v) is 2.84. The summed E-state index contributed by atoms with van der Waals surface area (Å²) in [5.41, 5.74) is 0. The maximum Gasteiger partial charge on any atom is 0.0344 e. The SMILES string of the molecule is CN1CC(N(C)C)C1. The van der Waals surface area contributed by atoms with Crippen molar-refractivity contribution < 1.29 is 0 Å². The van der Waals surface area contributed by atoms with Crippen LogP contribution in [0, 0.1) is 0 Å². The molecule has 0 bridgehead atoms. The van der Waals surface area contributed by atoms with Crippen LogP contribution in [0.25, 0.3) is 0 Å². The van der Waals surface area contributed by atoms with Crippen molar-refractivity contribution in [1.29, 1.82) is 0 Å². The molecule has 8 heavy (non-hydrogen) atoms. The molecule has 2 heteroatoms. The normalized spacial score (nSPS) is 24.0. The lowest BCUT2D eigenvalue weighted by molar-refractivity contribution is 0.0878. The molecule has 0 unspecified atom stereocenters. The van der Waals surface area contributed by atoms with Gasteiger partial charge >= 0.3 is 0 Å². The maximum atomic E-state index is 2.32. The Labute approximate surface area is 51.1 Å². The summed E-state index contributed by atoms with van der Waals surface area (Å²) in [6, 6.07) is 0.819. The molecule has 0 radical (unpaired) electrons. The van der Waals surface area contributed by atoms with E-state index < -0.39 is 0 Å². The Balaban J connectivity index is 2.15. The van der Waals surface area contributed by atoms with Gasteiger partial charge in [-0.15, -0.1) is 0 Å². The standard InChI is InChI=1S/C6H14N2/c1-7(2)6-4-8(3)5-6/h6H,4-5H2,1-3H3. The van der Waals surface area contributed by atoms with Crippen LogP contribution in [0.5, 0.6) is 0 Å². The summed E-state index contributed by atoms with van der Waals surface area (Å²) in [4.78, 5) is 4.60. The van der Waals surface area contributed by atoms with E-state index in [1.807, 2.05) is 0 Å². The molecule has 1 heterocycles. The molecule has 0 N–H and O–H groups in total. The van der Waals surface area contributed by atoms with Gasteiger partial charge in [-0.25, -0.2) is 0 Å². The summed E-state index contributed by atoms with van der Waals surface area (Å²) in [6.07, 6.45) is 0. The van der Waals surface area contributed by atoms with Crippen molar-refractivity contribution in [2.45, 2.75) is 6.04 Å². The average molecular weight is 114 g/mol. The smallest absolute Gasteiger partial charge is 0.0344 e. The molecule has 1 rings (SSSR count). The van der Waals surface area contributed by atoms with E-state index in [1.165, 1.54) is 13.1 Å². The first kappa shape index (κ1) is 6.05. The number of hydrogen-bond acceptors (Lipinski definition) is 2. The molecule has 2 nitrogen and oxygen atoms in total. The summed E-state index contributed by atoms with van der Waals surface area (Å²) in [5, 5.41) is 0. The molecule has 1 fully saturated rings. The fourth-order valence-electron chi connectivity index (χ4n) is 0.993. The second kappa shape index (κ2) is 2.03. The van der Waals surface area contributed by atoms with E-state index in [0.29, 0.717) is 0 Å². The van der Waals surface area contributed by atoms with Gasteiger partial charge in [-0.05, 0) is 21.1 Å². The number of likely N-dealkylation sites (N-methyl/N-ethyl adjacent to an activating group) is 2. The second-order valence-electron chi connectivity index (χ2n) is 2.84. The van der Waals surface area contributed by atoms with Gasteiger partial charge in [0, 0.05) is 19.1 Å². The highest BCUT2D eigenvalue weighted by atomic mass is 15.3. The number of hydrogen-bond donors (Lipinski definition) is 0. The largest absolute Gasteiger partial charge is 0.304 e. The van der Waals surface area contributed by atoms with Crippen molar-refractivity contribution in [1.82, 2.24) is 9.80 Å². The molecule has 48 valence electrons. The molecule has 0 spiro atoms. The first-order chi connectivity index (χ1) is 3.70. The molecule has 0 atom stereocenters. The van der Waals surface area contributed by atoms with Crippen LogP contribution in [-0.4, -0.2) is 50.1 Å². The summed E-state index contributed by atoms with van der Waals surface area (Å²) in [5.74, 6) is 0. The third-order valence-corrected chi connectivity index (χ3v) is 1.78. The summed E-state index contributed by atoms with van der Waals surface area (Å²) < 4.78 is 0. The Hall–Kier alpha value is -0.0800. The van der Waals surface area contributed by atoms with Crippen LogP contribution < -0.4 is 0 Å². The van der Waals surface area contributed by atoms with E-state index in [2.05, 4.69) is 30.9 Å². The van der Waals surface area contributed by atoms with Gasteiger partial charge in [0.05, 0.1) is 0 Å². The summed E-state index contributed by atoms with van der Waals surface area (Å²) >= 11 is 0. The predicted molar refractivity (Wildman–Crippen MR) is 35.0 cm³/mol. The Morgan fingerprint density at radius 1 is 1.38 bits per heavy atom. The van der Waals surface area contributed by atoms with Gasteiger partial charge in [0.2, 0.25) is 0 Å². The molecular formula is C6H14N2. The molecule has 0 aromatic carbocycles. The Kier molecular flexibility index (Phi) is 1.54. The van der Waals surface area contributed by atoms with Crippen molar-refractivity contribution in [2.75, 3.05) is 34.2 Å². The first-order valence-corrected chi connectivity index (χ1v) is 3.05. The monoisotopic (exact) mass is 114 g/mol. The van der Waals surface area contributed by atoms with Crippen LogP contribution in [0.3, 0.4) is 0 Å². The van der Waals surface area contributed by atoms with Gasteiger partial charge in [0.15, 0.2) is 0 Å². The zero-order valence-corrected chi connectivity index (χ0v) is 5.89. The fraction of sp³-hybridized carbons (Fsp3) is 1.00. The van der Waals surface area contributed by atoms with E-state index in [0.717, 1.165) is 6.04 Å². The van der Waals surface area contributed by atoms with Gasteiger partial charge in [0.25, 0.3) is 0 Å². The molecule has 0 saturated carbocycles. The summed E-state index contributed by atoms with van der Waals surface area (Å²) in [6.45, 7) is 2.49. The highest BCUT2D eigenvalue weighted by Crippen LogP contribution is 2.07. The summed E-state index contributed by atoms with van der Waals surface area (Å²) in [7, 11) is 6.43. The lowest BCUT2D eigenvalue weighted by Crippen LogP contribution is -2.55. The molecule has 0 aliphatic carbocycles. The number of rotatable bonds is 1. The van der Waals surface area contributed by atoms with Crippen LogP contribution in [-0.2, 0) is 0 Å². The molecule has 1 aliphatic heterocycles. The van der Waals surface area contributed by atoms with Crippen LogP contribution in [0.1, 0.15) is 0 Å². The zero-order valence-electron chi connectivity index (χ0n) is 5.89. The van der Waals surface area contributed by atoms with Crippen LogP contribution >= 0.6 is 0 Å². The molecule has 0 aromatic heterocycles. The topological polar surface area (TPSA) is 6.48 Å². The highest BCUT2D eigenvalue weighted by molar-refractivity contribution is 4.82. The fourth-order valence-corrected chi connectivity index (χ4v) is 0.993. The van der Waals surface area contributed by atoms with Gasteiger partial charge in [-0.2, -0.15) is 0 Å². The van der Waals surface area contributed by atoms with E-state index in [9.17, 15) is 0 Å². The molecule has 0 amide bonds. The van der Waals surface area contributed by atoms with Crippen molar-refractivity contribution >= 4 is 0 Å². The van der Waals surface area contributed by atoms with Gasteiger partial charge in [-0.3, -0.25) is 0 Å². The maximum absolute atomic E-state index is 2.32. The van der Waals surface area contributed by atoms with Crippen molar-refractivity contribution in [3.63, 3.8) is 0 Å². The van der Waals surface area contributed by atoms with Gasteiger partial charge < -0.3 is 9.80 Å². The Morgan fingerprint density at radius 2 is 1.88 bits per heavy atom. The molecule has 1 saturated heterocycles. The first-order valence-electron chi connectivity index (χ1n) is 3.05. The van der Waals surface area contributed by atoms with Crippen LogP contribution in [0.4, 0.5) is 0 Å². The minimum Gasteiger partial charge on any atom is -0.304 e. The lowest BCUT2D eigenvalue weighted by atomic mass is 10.1. The van der Waals surface area contributed by atoms with Crippen molar-refractivity contribution in [3.8, 4) is 0 Å². The molecular weight excluding hydrogens is 100 g/mol. The van der Waals surface area contributed by atoms with E-state index in [-0.39, 0.29) is 0 Å². The van der Waals surface area contributed by atoms with Gasteiger partial charge in [-0.1, -0.05) is 0 Å². The van der Waals surface area contributed by atoms with Crippen molar-refractivity contribution in [3.05, 3.63) is 0 Å². The number of nitrogens with zero attached hydrogens (tertiary/aromatic N) is 2. The molecule has 0 aromatic rings. The Bertz CT molecular complexity index is 74.6. The minimum atomic E-state index is 0.819. The van der Waals surface area contributed by atoms with Crippen LogP contribution in [0.2, 0.25) is 0 Å². The van der Waals surface area contributed by atoms with Crippen molar-refractivity contribution in [2.24, 2.45) is 0 Å². The van der Waals surface area contributed by atoms with Gasteiger partial charge in [0.1, 0.15) is 0 Å². The predicted octanol–water partition coefficient (Wildman–Crippen LogP) is -0.138. The third kappa shape index (κ3) is 1.01. The average Bonchev–Trinajstić information content (AvgIpc) is 1.57. The number of likely N-dealkylation sites (tertiary alicyclic amines) is 1. The van der Waals surface area contributed by atoms with Crippen LogP contribution in [0.15, 0.2) is 0 Å². The van der Waals surface area contributed by atoms with E-state index in [4.69, 9.17) is 0 Å². The highest BCUT2D eigenvalue weighted by Gasteiger charge is 2.23. The Morgan fingerprint density at radius 3 is 2.00 bits per heavy atom.